The Bertz CT molecular complexity index is 931. The number of morpholine rings is 1. The molecule has 0 radical (unpaired) electrons. The molecule has 0 bridgehead atoms. The van der Waals surface area contributed by atoms with Crippen molar-refractivity contribution in [1.29, 1.82) is 0 Å². The Labute approximate surface area is 182 Å². The van der Waals surface area contributed by atoms with Gasteiger partial charge in [-0.15, -0.1) is 13.2 Å². The smallest absolute Gasteiger partial charge is 0.404 e. The fourth-order valence-corrected chi connectivity index (χ4v) is 3.59. The molecule has 0 spiro atoms. The highest BCUT2D eigenvalue weighted by molar-refractivity contribution is 5.91. The molecule has 32 heavy (non-hydrogen) atoms. The van der Waals surface area contributed by atoms with Crippen LogP contribution in [0.5, 0.6) is 5.75 Å². The van der Waals surface area contributed by atoms with Crippen molar-refractivity contribution in [2.45, 2.75) is 6.36 Å². The maximum atomic E-state index is 12.6. The van der Waals surface area contributed by atoms with Crippen LogP contribution in [-0.2, 0) is 4.74 Å². The highest BCUT2D eigenvalue weighted by atomic mass is 19.4. The molecule has 3 heterocycles. The number of amides is 2. The van der Waals surface area contributed by atoms with Crippen molar-refractivity contribution in [2.75, 3.05) is 67.6 Å². The van der Waals surface area contributed by atoms with Crippen LogP contribution in [0.2, 0.25) is 0 Å². The van der Waals surface area contributed by atoms with Crippen LogP contribution in [0.3, 0.4) is 0 Å². The summed E-state index contributed by atoms with van der Waals surface area (Å²) in [5.74, 6) is 1.15. The predicted octanol–water partition coefficient (Wildman–Crippen LogP) is 2.57. The van der Waals surface area contributed by atoms with Crippen molar-refractivity contribution in [3.05, 3.63) is 36.7 Å². The number of hydrogen-bond acceptors (Lipinski definition) is 7. The van der Waals surface area contributed by atoms with Gasteiger partial charge in [0.25, 0.3) is 0 Å². The van der Waals surface area contributed by atoms with E-state index < -0.39 is 18.1 Å². The van der Waals surface area contributed by atoms with Gasteiger partial charge >= 0.3 is 12.4 Å². The Hall–Kier alpha value is -3.28. The molecule has 4 rings (SSSR count). The van der Waals surface area contributed by atoms with Crippen LogP contribution in [0, 0.1) is 0 Å². The maximum Gasteiger partial charge on any atom is 0.573 e. The number of carbonyl (C=O) groups excluding carboxylic acids is 1. The minimum absolute atomic E-state index is 0.0387. The number of urea groups is 1. The number of aromatic nitrogens is 2. The van der Waals surface area contributed by atoms with E-state index in [2.05, 4.69) is 29.8 Å². The highest BCUT2D eigenvalue weighted by Gasteiger charge is 2.32. The van der Waals surface area contributed by atoms with E-state index in [0.29, 0.717) is 39.4 Å². The molecule has 2 fully saturated rings. The monoisotopic (exact) mass is 452 g/mol. The molecule has 2 aliphatic rings. The molecule has 2 aliphatic heterocycles. The van der Waals surface area contributed by atoms with Crippen LogP contribution in [0.4, 0.5) is 35.3 Å². The number of nitrogens with one attached hydrogen (secondary N) is 1. The van der Waals surface area contributed by atoms with Gasteiger partial charge in [0.05, 0.1) is 18.9 Å². The molecule has 2 aromatic rings. The summed E-state index contributed by atoms with van der Waals surface area (Å²) in [6.45, 7) is 4.71. The molecule has 1 N–H and O–H groups in total. The number of alkyl halides is 3. The summed E-state index contributed by atoms with van der Waals surface area (Å²) in [5.41, 5.74) is -0.0387. The van der Waals surface area contributed by atoms with Crippen LogP contribution in [-0.4, -0.2) is 79.7 Å². The van der Waals surface area contributed by atoms with Crippen LogP contribution < -0.4 is 19.9 Å². The van der Waals surface area contributed by atoms with Gasteiger partial charge in [-0.25, -0.2) is 14.8 Å². The lowest BCUT2D eigenvalue weighted by atomic mass is 10.3. The largest absolute Gasteiger partial charge is 0.573 e. The van der Waals surface area contributed by atoms with Crippen LogP contribution in [0.1, 0.15) is 0 Å². The molecular weight excluding hydrogens is 429 g/mol. The number of halogens is 3. The first-order chi connectivity index (χ1) is 15.4. The third-order valence-electron chi connectivity index (χ3n) is 5.22. The lowest BCUT2D eigenvalue weighted by Gasteiger charge is -2.36. The summed E-state index contributed by atoms with van der Waals surface area (Å²) in [5, 5.41) is 2.51. The fourth-order valence-electron chi connectivity index (χ4n) is 3.59. The van der Waals surface area contributed by atoms with E-state index in [9.17, 15) is 18.0 Å². The van der Waals surface area contributed by atoms with Gasteiger partial charge in [-0.3, -0.25) is 0 Å². The minimum Gasteiger partial charge on any atom is -0.404 e. The van der Waals surface area contributed by atoms with Crippen molar-refractivity contribution in [2.24, 2.45) is 0 Å². The van der Waals surface area contributed by atoms with Crippen LogP contribution >= 0.6 is 0 Å². The van der Waals surface area contributed by atoms with Gasteiger partial charge in [-0.2, -0.15) is 0 Å². The standard InChI is InChI=1S/C20H23F3N6O3/c21-20(22,23)32-16-4-2-1-3-15(16)26-19(30)29-7-5-27(6-8-29)17-13-18(25-14-24-17)28-9-11-31-12-10-28/h1-4,13-14H,5-12H2,(H,26,30). The number of para-hydroxylation sites is 2. The first kappa shape index (κ1) is 21.9. The van der Waals surface area contributed by atoms with Crippen LogP contribution in [0.15, 0.2) is 36.7 Å². The first-order valence-corrected chi connectivity index (χ1v) is 10.2. The number of piperazine rings is 1. The normalized spacial score (nSPS) is 17.3. The molecule has 172 valence electrons. The number of benzene rings is 1. The average Bonchev–Trinajstić information content (AvgIpc) is 2.80. The maximum absolute atomic E-state index is 12.6. The van der Waals surface area contributed by atoms with Gasteiger partial charge in [0.2, 0.25) is 0 Å². The molecule has 2 amide bonds. The molecule has 12 heteroatoms. The number of hydrogen-bond donors (Lipinski definition) is 1. The Morgan fingerprint density at radius 1 is 0.969 bits per heavy atom. The lowest BCUT2D eigenvalue weighted by molar-refractivity contribution is -0.274. The number of ether oxygens (including phenoxy) is 2. The van der Waals surface area contributed by atoms with Crippen molar-refractivity contribution in [1.82, 2.24) is 14.9 Å². The van der Waals surface area contributed by atoms with E-state index in [0.717, 1.165) is 30.8 Å². The summed E-state index contributed by atoms with van der Waals surface area (Å²) >= 11 is 0. The van der Waals surface area contributed by atoms with E-state index in [4.69, 9.17) is 4.74 Å². The van der Waals surface area contributed by atoms with E-state index >= 15 is 0 Å². The van der Waals surface area contributed by atoms with Gasteiger partial charge in [0.1, 0.15) is 18.0 Å². The Morgan fingerprint density at radius 2 is 1.59 bits per heavy atom. The average molecular weight is 452 g/mol. The predicted molar refractivity (Wildman–Crippen MR) is 111 cm³/mol. The lowest BCUT2D eigenvalue weighted by Crippen LogP contribution is -2.50. The molecule has 1 aromatic carbocycles. The van der Waals surface area contributed by atoms with E-state index in [-0.39, 0.29) is 5.69 Å². The molecule has 1 aromatic heterocycles. The van der Waals surface area contributed by atoms with E-state index in [1.807, 2.05) is 6.07 Å². The Balaban J connectivity index is 1.35. The van der Waals surface area contributed by atoms with Crippen molar-refractivity contribution < 1.29 is 27.4 Å². The third-order valence-corrected chi connectivity index (χ3v) is 5.22. The quantitative estimate of drug-likeness (QED) is 0.764. The SMILES string of the molecule is O=C(Nc1ccccc1OC(F)(F)F)N1CCN(c2cc(N3CCOCC3)ncn2)CC1. The molecular formula is C20H23F3N6O3. The van der Waals surface area contributed by atoms with Gasteiger partial charge in [-0.05, 0) is 12.1 Å². The summed E-state index contributed by atoms with van der Waals surface area (Å²) in [7, 11) is 0. The van der Waals surface area contributed by atoms with Crippen molar-refractivity contribution in [3.8, 4) is 5.75 Å². The second-order valence-electron chi connectivity index (χ2n) is 7.28. The zero-order valence-corrected chi connectivity index (χ0v) is 17.2. The molecule has 9 nitrogen and oxygen atoms in total. The number of rotatable bonds is 4. The number of anilines is 3. The van der Waals surface area contributed by atoms with Gasteiger partial charge in [-0.1, -0.05) is 12.1 Å². The van der Waals surface area contributed by atoms with Gasteiger partial charge in [0.15, 0.2) is 5.75 Å². The topological polar surface area (TPSA) is 83.1 Å². The summed E-state index contributed by atoms with van der Waals surface area (Å²) < 4.78 is 47.1. The Kier molecular flexibility index (Phi) is 6.49. The zero-order chi connectivity index (χ0) is 22.6. The summed E-state index contributed by atoms with van der Waals surface area (Å²) in [6.07, 6.45) is -3.32. The minimum atomic E-state index is -4.84. The van der Waals surface area contributed by atoms with Crippen molar-refractivity contribution >= 4 is 23.4 Å². The van der Waals surface area contributed by atoms with E-state index in [1.54, 1.807) is 4.90 Å². The fraction of sp³-hybridized carbons (Fsp3) is 0.450. The molecule has 0 aliphatic carbocycles. The Morgan fingerprint density at radius 3 is 2.25 bits per heavy atom. The summed E-state index contributed by atoms with van der Waals surface area (Å²) in [4.78, 5) is 27.0. The number of nitrogens with zero attached hydrogens (tertiary/aromatic N) is 5. The first-order valence-electron chi connectivity index (χ1n) is 10.2. The third kappa shape index (κ3) is 5.49. The number of carbonyl (C=O) groups is 1. The van der Waals surface area contributed by atoms with Gasteiger partial charge < -0.3 is 29.5 Å². The highest BCUT2D eigenvalue weighted by Crippen LogP contribution is 2.30. The second-order valence-corrected chi connectivity index (χ2v) is 7.28. The summed E-state index contributed by atoms with van der Waals surface area (Å²) in [6, 6.07) is 6.89. The molecule has 2 saturated heterocycles. The second kappa shape index (κ2) is 9.47. The van der Waals surface area contributed by atoms with Gasteiger partial charge in [0, 0.05) is 45.3 Å². The van der Waals surface area contributed by atoms with E-state index in [1.165, 1.54) is 24.5 Å². The zero-order valence-electron chi connectivity index (χ0n) is 17.2. The molecule has 0 saturated carbocycles. The van der Waals surface area contributed by atoms with Crippen molar-refractivity contribution in [3.63, 3.8) is 0 Å². The van der Waals surface area contributed by atoms with Crippen LogP contribution in [0.25, 0.3) is 0 Å². The molecule has 0 atom stereocenters. The molecule has 0 unspecified atom stereocenters.